The zero-order valence-corrected chi connectivity index (χ0v) is 15.1. The van der Waals surface area contributed by atoms with Gasteiger partial charge < -0.3 is 10.2 Å². The van der Waals surface area contributed by atoms with Crippen LogP contribution >= 0.6 is 0 Å². The van der Waals surface area contributed by atoms with Gasteiger partial charge >= 0.3 is 0 Å². The SMILES string of the molecule is Cc1cc(=O)c(C(=O)Nc2ccc(N(C)C)nc2)nn1-c1ccccc1F. The van der Waals surface area contributed by atoms with Crippen LogP contribution in [0.15, 0.2) is 53.5 Å². The van der Waals surface area contributed by atoms with Crippen molar-refractivity contribution in [3.63, 3.8) is 0 Å². The van der Waals surface area contributed by atoms with Crippen molar-refractivity contribution in [3.8, 4) is 5.69 Å². The van der Waals surface area contributed by atoms with E-state index in [0.717, 1.165) is 5.82 Å². The Kier molecular flexibility index (Phi) is 4.98. The van der Waals surface area contributed by atoms with Crippen molar-refractivity contribution >= 4 is 17.4 Å². The second kappa shape index (κ2) is 7.36. The van der Waals surface area contributed by atoms with Gasteiger partial charge in [0, 0.05) is 25.9 Å². The fraction of sp³-hybridized carbons (Fsp3) is 0.158. The molecular formula is C19H18FN5O2. The molecule has 3 aromatic rings. The molecule has 0 aliphatic heterocycles. The zero-order valence-electron chi connectivity index (χ0n) is 15.1. The van der Waals surface area contributed by atoms with Crippen LogP contribution in [-0.4, -0.2) is 34.8 Å². The highest BCUT2D eigenvalue weighted by molar-refractivity contribution is 6.02. The first-order valence-corrected chi connectivity index (χ1v) is 8.17. The van der Waals surface area contributed by atoms with Crippen LogP contribution in [0.25, 0.3) is 5.69 Å². The van der Waals surface area contributed by atoms with E-state index >= 15 is 0 Å². The standard InChI is InChI=1S/C19H18FN5O2/c1-12-10-16(26)18(23-25(12)15-7-5-4-6-14(15)20)19(27)22-13-8-9-17(21-11-13)24(2)3/h4-11H,1-3H3,(H,22,27). The third-order valence-electron chi connectivity index (χ3n) is 3.87. The molecule has 1 amide bonds. The van der Waals surface area contributed by atoms with Crippen LogP contribution in [0.5, 0.6) is 0 Å². The van der Waals surface area contributed by atoms with Crippen LogP contribution < -0.4 is 15.6 Å². The molecule has 0 radical (unpaired) electrons. The Hall–Kier alpha value is -3.55. The number of amides is 1. The smallest absolute Gasteiger partial charge is 0.280 e. The Balaban J connectivity index is 1.94. The molecule has 0 fully saturated rings. The van der Waals surface area contributed by atoms with Crippen molar-refractivity contribution in [3.05, 3.63) is 76.1 Å². The maximum atomic E-state index is 14.1. The van der Waals surface area contributed by atoms with Gasteiger partial charge in [-0.25, -0.2) is 14.1 Å². The van der Waals surface area contributed by atoms with E-state index in [1.54, 1.807) is 31.2 Å². The molecule has 27 heavy (non-hydrogen) atoms. The Labute approximate surface area is 155 Å². The predicted molar refractivity (Wildman–Crippen MR) is 101 cm³/mol. The van der Waals surface area contributed by atoms with Crippen molar-refractivity contribution in [2.24, 2.45) is 0 Å². The van der Waals surface area contributed by atoms with Gasteiger partial charge in [-0.1, -0.05) is 12.1 Å². The third kappa shape index (κ3) is 3.84. The molecule has 7 nitrogen and oxygen atoms in total. The molecule has 0 bridgehead atoms. The molecule has 1 aromatic carbocycles. The number of aryl methyl sites for hydroxylation is 1. The molecule has 0 atom stereocenters. The lowest BCUT2D eigenvalue weighted by Crippen LogP contribution is -2.27. The fourth-order valence-corrected chi connectivity index (χ4v) is 2.49. The molecule has 0 aliphatic rings. The number of nitrogens with zero attached hydrogens (tertiary/aromatic N) is 4. The lowest BCUT2D eigenvalue weighted by molar-refractivity contribution is 0.101. The number of anilines is 2. The Morgan fingerprint density at radius 2 is 1.93 bits per heavy atom. The lowest BCUT2D eigenvalue weighted by atomic mass is 10.2. The highest BCUT2D eigenvalue weighted by Crippen LogP contribution is 2.14. The van der Waals surface area contributed by atoms with Gasteiger partial charge in [-0.15, -0.1) is 0 Å². The van der Waals surface area contributed by atoms with Crippen molar-refractivity contribution in [2.75, 3.05) is 24.3 Å². The number of benzene rings is 1. The van der Waals surface area contributed by atoms with Gasteiger partial charge in [0.25, 0.3) is 5.91 Å². The van der Waals surface area contributed by atoms with Crippen LogP contribution in [0.1, 0.15) is 16.2 Å². The number of pyridine rings is 1. The summed E-state index contributed by atoms with van der Waals surface area (Å²) in [6.45, 7) is 1.62. The fourth-order valence-electron chi connectivity index (χ4n) is 2.49. The number of hydrogen-bond donors (Lipinski definition) is 1. The van der Waals surface area contributed by atoms with Gasteiger partial charge in [0.15, 0.2) is 5.69 Å². The summed E-state index contributed by atoms with van der Waals surface area (Å²) >= 11 is 0. The third-order valence-corrected chi connectivity index (χ3v) is 3.87. The highest BCUT2D eigenvalue weighted by atomic mass is 19.1. The lowest BCUT2D eigenvalue weighted by Gasteiger charge is -2.13. The van der Waals surface area contributed by atoms with E-state index in [9.17, 15) is 14.0 Å². The molecule has 2 aromatic heterocycles. The van der Waals surface area contributed by atoms with Crippen molar-refractivity contribution < 1.29 is 9.18 Å². The molecule has 3 rings (SSSR count). The Bertz CT molecular complexity index is 1040. The Morgan fingerprint density at radius 1 is 1.19 bits per heavy atom. The summed E-state index contributed by atoms with van der Waals surface area (Å²) in [5.41, 5.74) is 0.112. The minimum absolute atomic E-state index is 0.154. The zero-order chi connectivity index (χ0) is 19.6. The maximum absolute atomic E-state index is 14.1. The van der Waals surface area contributed by atoms with Gasteiger partial charge in [-0.2, -0.15) is 5.10 Å². The molecule has 0 unspecified atom stereocenters. The molecule has 8 heteroatoms. The number of carbonyl (C=O) groups excluding carboxylic acids is 1. The van der Waals surface area contributed by atoms with E-state index in [4.69, 9.17) is 0 Å². The van der Waals surface area contributed by atoms with Gasteiger partial charge in [0.2, 0.25) is 5.43 Å². The van der Waals surface area contributed by atoms with Crippen molar-refractivity contribution in [2.45, 2.75) is 6.92 Å². The van der Waals surface area contributed by atoms with Crippen LogP contribution in [-0.2, 0) is 0 Å². The van der Waals surface area contributed by atoms with E-state index < -0.39 is 17.2 Å². The molecule has 0 aliphatic carbocycles. The topological polar surface area (TPSA) is 80.1 Å². The molecule has 1 N–H and O–H groups in total. The normalized spacial score (nSPS) is 10.5. The molecule has 2 heterocycles. The number of rotatable bonds is 4. The second-order valence-corrected chi connectivity index (χ2v) is 6.12. The maximum Gasteiger partial charge on any atom is 0.280 e. The van der Waals surface area contributed by atoms with E-state index in [1.165, 1.54) is 29.1 Å². The van der Waals surface area contributed by atoms with E-state index in [1.807, 2.05) is 19.0 Å². The number of hydrogen-bond acceptors (Lipinski definition) is 5. The van der Waals surface area contributed by atoms with Gasteiger partial charge in [-0.05, 0) is 31.2 Å². The molecular weight excluding hydrogens is 349 g/mol. The van der Waals surface area contributed by atoms with Crippen molar-refractivity contribution in [1.29, 1.82) is 0 Å². The first-order chi connectivity index (χ1) is 12.9. The first-order valence-electron chi connectivity index (χ1n) is 8.17. The predicted octanol–water partition coefficient (Wildman–Crippen LogP) is 2.39. The molecule has 0 saturated heterocycles. The Morgan fingerprint density at radius 3 is 2.56 bits per heavy atom. The summed E-state index contributed by atoms with van der Waals surface area (Å²) < 4.78 is 15.3. The number of nitrogens with one attached hydrogen (secondary N) is 1. The average molecular weight is 367 g/mol. The molecule has 0 spiro atoms. The van der Waals surface area contributed by atoms with Crippen LogP contribution in [0.2, 0.25) is 0 Å². The monoisotopic (exact) mass is 367 g/mol. The number of carbonyl (C=O) groups is 1. The van der Waals surface area contributed by atoms with E-state index in [0.29, 0.717) is 11.4 Å². The van der Waals surface area contributed by atoms with E-state index in [2.05, 4.69) is 15.4 Å². The van der Waals surface area contributed by atoms with Crippen LogP contribution in [0.4, 0.5) is 15.9 Å². The minimum atomic E-state index is -0.690. The minimum Gasteiger partial charge on any atom is -0.363 e. The van der Waals surface area contributed by atoms with Crippen LogP contribution in [0, 0.1) is 12.7 Å². The van der Waals surface area contributed by atoms with Gasteiger partial charge in [-0.3, -0.25) is 9.59 Å². The quantitative estimate of drug-likeness (QED) is 0.766. The van der Waals surface area contributed by atoms with Crippen LogP contribution in [0.3, 0.4) is 0 Å². The number of halogens is 1. The summed E-state index contributed by atoms with van der Waals surface area (Å²) in [6.07, 6.45) is 1.48. The van der Waals surface area contributed by atoms with Gasteiger partial charge in [0.1, 0.15) is 17.3 Å². The summed E-state index contributed by atoms with van der Waals surface area (Å²) in [7, 11) is 3.70. The van der Waals surface area contributed by atoms with E-state index in [-0.39, 0.29) is 11.4 Å². The summed E-state index contributed by atoms with van der Waals surface area (Å²) in [5, 5.41) is 6.66. The molecule has 0 saturated carbocycles. The largest absolute Gasteiger partial charge is 0.363 e. The summed E-state index contributed by atoms with van der Waals surface area (Å²) in [6, 6.07) is 10.7. The number of para-hydroxylation sites is 1. The first kappa shape index (κ1) is 18.2. The summed E-state index contributed by atoms with van der Waals surface area (Å²) in [4.78, 5) is 30.8. The van der Waals surface area contributed by atoms with Gasteiger partial charge in [0.05, 0.1) is 11.9 Å². The summed E-state index contributed by atoms with van der Waals surface area (Å²) in [5.74, 6) is -0.473. The molecule has 138 valence electrons. The van der Waals surface area contributed by atoms with Crippen molar-refractivity contribution in [1.82, 2.24) is 14.8 Å². The average Bonchev–Trinajstić information content (AvgIpc) is 2.63. The number of aromatic nitrogens is 3. The second-order valence-electron chi connectivity index (χ2n) is 6.12. The highest BCUT2D eigenvalue weighted by Gasteiger charge is 2.17.